The number of rotatable bonds is 9. The normalized spacial score (nSPS) is 10.8. The maximum atomic E-state index is 12.8. The lowest BCUT2D eigenvalue weighted by atomic mass is 10.0. The monoisotopic (exact) mass is 558 g/mol. The van der Waals surface area contributed by atoms with Crippen LogP contribution in [0.4, 0.5) is 15.8 Å². The number of anilines is 3. The van der Waals surface area contributed by atoms with Gasteiger partial charge in [0.15, 0.2) is 4.34 Å². The molecule has 4 aromatic rings. The number of thiophene rings is 1. The minimum absolute atomic E-state index is 0.111. The van der Waals surface area contributed by atoms with Gasteiger partial charge in [0.1, 0.15) is 10.6 Å². The van der Waals surface area contributed by atoms with Crippen molar-refractivity contribution < 1.29 is 14.3 Å². The van der Waals surface area contributed by atoms with E-state index >= 15 is 0 Å². The highest BCUT2D eigenvalue weighted by atomic mass is 35.5. The summed E-state index contributed by atoms with van der Waals surface area (Å²) in [7, 11) is 0. The summed E-state index contributed by atoms with van der Waals surface area (Å²) in [5.74, 6) is -0.667. The number of ether oxygens (including phenoxy) is 1. The first-order valence-corrected chi connectivity index (χ1v) is 14.1. The summed E-state index contributed by atoms with van der Waals surface area (Å²) in [6.07, 6.45) is 0. The van der Waals surface area contributed by atoms with Gasteiger partial charge in [-0.15, -0.1) is 21.5 Å². The van der Waals surface area contributed by atoms with Gasteiger partial charge in [0, 0.05) is 27.2 Å². The lowest BCUT2D eigenvalue weighted by Crippen LogP contribution is -2.16. The molecule has 0 aliphatic rings. The van der Waals surface area contributed by atoms with E-state index in [1.807, 2.05) is 37.3 Å². The molecule has 1 amide bonds. The van der Waals surface area contributed by atoms with Crippen LogP contribution in [0.15, 0.2) is 52.2 Å². The Bertz CT molecular complexity index is 1400. The van der Waals surface area contributed by atoms with Gasteiger partial charge in [-0.25, -0.2) is 4.79 Å². The highest BCUT2D eigenvalue weighted by Crippen LogP contribution is 2.39. The van der Waals surface area contributed by atoms with Crippen LogP contribution in [0.1, 0.15) is 28.4 Å². The topological polar surface area (TPSA) is 93.2 Å². The molecule has 0 aliphatic heterocycles. The second-order valence-electron chi connectivity index (χ2n) is 7.64. The maximum absolute atomic E-state index is 12.8. The molecule has 0 fully saturated rings. The maximum Gasteiger partial charge on any atom is 0.341 e. The van der Waals surface area contributed by atoms with Crippen molar-refractivity contribution in [2.24, 2.45) is 0 Å². The van der Waals surface area contributed by atoms with Crippen LogP contribution in [0.3, 0.4) is 0 Å². The van der Waals surface area contributed by atoms with E-state index in [4.69, 9.17) is 16.3 Å². The summed E-state index contributed by atoms with van der Waals surface area (Å²) in [6, 6.07) is 13.3. The van der Waals surface area contributed by atoms with Gasteiger partial charge < -0.3 is 15.4 Å². The third-order valence-electron chi connectivity index (χ3n) is 5.27. The number of aromatic nitrogens is 2. The third kappa shape index (κ3) is 6.07. The van der Waals surface area contributed by atoms with Crippen LogP contribution in [-0.4, -0.2) is 34.4 Å². The van der Waals surface area contributed by atoms with Gasteiger partial charge in [-0.1, -0.05) is 65.0 Å². The Balaban J connectivity index is 1.44. The highest BCUT2D eigenvalue weighted by molar-refractivity contribution is 8.01. The van der Waals surface area contributed by atoms with Gasteiger partial charge in [0.25, 0.3) is 0 Å². The molecule has 0 bridgehead atoms. The molecular weight excluding hydrogens is 536 g/mol. The molecule has 36 heavy (non-hydrogen) atoms. The fourth-order valence-electron chi connectivity index (χ4n) is 3.34. The number of nitrogens with one attached hydrogen (secondary N) is 2. The molecule has 0 saturated carbocycles. The Morgan fingerprint density at radius 2 is 1.89 bits per heavy atom. The zero-order valence-electron chi connectivity index (χ0n) is 19.8. The van der Waals surface area contributed by atoms with Crippen molar-refractivity contribution in [3.05, 3.63) is 69.6 Å². The highest BCUT2D eigenvalue weighted by Gasteiger charge is 2.24. The van der Waals surface area contributed by atoms with Crippen molar-refractivity contribution in [1.29, 1.82) is 0 Å². The quantitative estimate of drug-likeness (QED) is 0.166. The molecule has 4 rings (SSSR count). The number of hydrogen-bond acceptors (Lipinski definition) is 9. The molecule has 11 heteroatoms. The van der Waals surface area contributed by atoms with Crippen molar-refractivity contribution in [3.63, 3.8) is 0 Å². The molecule has 2 heterocycles. The number of carbonyl (C=O) groups excluding carboxylic acids is 2. The Morgan fingerprint density at radius 1 is 1.08 bits per heavy atom. The van der Waals surface area contributed by atoms with Crippen LogP contribution in [0, 0.1) is 13.8 Å². The summed E-state index contributed by atoms with van der Waals surface area (Å²) >= 11 is 10.3. The molecule has 0 unspecified atom stereocenters. The number of aryl methyl sites for hydroxylation is 1. The standard InChI is InChI=1S/C25H23ClN4O3S3/c1-4-33-23(32)21-17(16-9-5-6-10-18(16)26)12-34-22(21)28-20(31)13-35-25-30-29-24(36-25)27-19-11-7-8-14(2)15(19)3/h5-12H,4,13H2,1-3H3,(H,27,29)(H,28,31). The van der Waals surface area contributed by atoms with Gasteiger partial charge >= 0.3 is 5.97 Å². The first-order chi connectivity index (χ1) is 17.4. The SMILES string of the molecule is CCOC(=O)c1c(-c2ccccc2Cl)csc1NC(=O)CSc1nnc(Nc2cccc(C)c2C)s1. The third-order valence-corrected chi connectivity index (χ3v) is 8.46. The lowest BCUT2D eigenvalue weighted by Gasteiger charge is -2.09. The zero-order chi connectivity index (χ0) is 25.7. The van der Waals surface area contributed by atoms with Crippen LogP contribution in [-0.2, 0) is 9.53 Å². The Kier molecular flexibility index (Phi) is 8.63. The van der Waals surface area contributed by atoms with E-state index in [9.17, 15) is 9.59 Å². The number of carbonyl (C=O) groups is 2. The largest absolute Gasteiger partial charge is 0.462 e. The first kappa shape index (κ1) is 26.2. The van der Waals surface area contributed by atoms with Crippen molar-refractivity contribution in [3.8, 4) is 11.1 Å². The summed E-state index contributed by atoms with van der Waals surface area (Å²) in [5.41, 5.74) is 4.92. The van der Waals surface area contributed by atoms with Crippen molar-refractivity contribution in [2.45, 2.75) is 25.1 Å². The van der Waals surface area contributed by atoms with E-state index in [1.165, 1.54) is 40.0 Å². The predicted molar refractivity (Wildman–Crippen MR) is 149 cm³/mol. The zero-order valence-corrected chi connectivity index (χ0v) is 23.0. The first-order valence-electron chi connectivity index (χ1n) is 11.0. The van der Waals surface area contributed by atoms with Crippen LogP contribution in [0.25, 0.3) is 11.1 Å². The molecule has 0 spiro atoms. The molecule has 0 atom stereocenters. The van der Waals surface area contributed by atoms with Gasteiger partial charge in [-0.3, -0.25) is 4.79 Å². The smallest absolute Gasteiger partial charge is 0.341 e. The minimum Gasteiger partial charge on any atom is -0.462 e. The summed E-state index contributed by atoms with van der Waals surface area (Å²) in [5, 5.41) is 17.9. The molecular formula is C25H23ClN4O3S3. The molecule has 2 aromatic heterocycles. The minimum atomic E-state index is -0.511. The second-order valence-corrected chi connectivity index (χ2v) is 11.1. The van der Waals surface area contributed by atoms with Crippen LogP contribution >= 0.6 is 46.0 Å². The Morgan fingerprint density at radius 3 is 2.67 bits per heavy atom. The molecule has 0 saturated heterocycles. The number of hydrogen-bond donors (Lipinski definition) is 2. The van der Waals surface area contributed by atoms with Crippen LogP contribution in [0.5, 0.6) is 0 Å². The van der Waals surface area contributed by atoms with E-state index in [0.717, 1.165) is 11.3 Å². The van der Waals surface area contributed by atoms with Crippen LogP contribution in [0.2, 0.25) is 5.02 Å². The number of benzene rings is 2. The molecule has 0 aliphatic carbocycles. The molecule has 2 aromatic carbocycles. The Hall–Kier alpha value is -2.92. The van der Waals surface area contributed by atoms with E-state index < -0.39 is 5.97 Å². The van der Waals surface area contributed by atoms with Gasteiger partial charge in [0.05, 0.1) is 12.4 Å². The van der Waals surface area contributed by atoms with Crippen molar-refractivity contribution >= 4 is 73.7 Å². The summed E-state index contributed by atoms with van der Waals surface area (Å²) < 4.78 is 5.91. The average Bonchev–Trinajstić information content (AvgIpc) is 3.48. The number of amides is 1. The fraction of sp³-hybridized carbons (Fsp3) is 0.200. The van der Waals surface area contributed by atoms with E-state index in [-0.39, 0.29) is 18.3 Å². The molecule has 0 radical (unpaired) electrons. The number of esters is 1. The van der Waals surface area contributed by atoms with E-state index in [2.05, 4.69) is 33.8 Å². The van der Waals surface area contributed by atoms with E-state index in [1.54, 1.807) is 18.4 Å². The van der Waals surface area contributed by atoms with Gasteiger partial charge in [-0.2, -0.15) is 0 Å². The molecule has 186 valence electrons. The van der Waals surface area contributed by atoms with Gasteiger partial charge in [-0.05, 0) is 44.0 Å². The second kappa shape index (κ2) is 11.9. The van der Waals surface area contributed by atoms with Gasteiger partial charge in [0.2, 0.25) is 11.0 Å². The lowest BCUT2D eigenvalue weighted by molar-refractivity contribution is -0.113. The predicted octanol–water partition coefficient (Wildman–Crippen LogP) is 7.19. The fourth-order valence-corrected chi connectivity index (χ4v) is 6.11. The molecule has 7 nitrogen and oxygen atoms in total. The number of thioether (sulfide) groups is 1. The van der Waals surface area contributed by atoms with Crippen molar-refractivity contribution in [1.82, 2.24) is 10.2 Å². The van der Waals surface area contributed by atoms with Crippen molar-refractivity contribution in [2.75, 3.05) is 23.0 Å². The van der Waals surface area contributed by atoms with Crippen LogP contribution < -0.4 is 10.6 Å². The van der Waals surface area contributed by atoms with E-state index in [0.29, 0.717) is 36.2 Å². The summed E-state index contributed by atoms with van der Waals surface area (Å²) in [6.45, 7) is 6.05. The number of halogens is 1. The summed E-state index contributed by atoms with van der Waals surface area (Å²) in [4.78, 5) is 25.5. The number of nitrogens with zero attached hydrogens (tertiary/aromatic N) is 2. The molecule has 2 N–H and O–H groups in total. The Labute approximate surface area is 226 Å². The average molecular weight is 559 g/mol.